The zero-order chi connectivity index (χ0) is 33.2. The Morgan fingerprint density at radius 1 is 0.933 bits per heavy atom. The normalized spacial score (nSPS) is 20.9. The van der Waals surface area contributed by atoms with Crippen molar-refractivity contribution in [2.24, 2.45) is 16.8 Å². The van der Waals surface area contributed by atoms with E-state index in [2.05, 4.69) is 20.3 Å². The number of hydrogen-bond acceptors (Lipinski definition) is 5. The highest BCUT2D eigenvalue weighted by Gasteiger charge is 2.39. The van der Waals surface area contributed by atoms with Crippen LogP contribution in [0.15, 0.2) is 21.8 Å². The molecule has 5 N–H and O–H groups in total. The van der Waals surface area contributed by atoms with Crippen molar-refractivity contribution < 1.29 is 34.1 Å². The summed E-state index contributed by atoms with van der Waals surface area (Å²) in [6, 6.07) is 0. The van der Waals surface area contributed by atoms with E-state index in [1.54, 1.807) is 7.11 Å². The molecule has 2 aromatic rings. The molecule has 0 spiro atoms. The predicted molar refractivity (Wildman–Crippen MR) is 171 cm³/mol. The molecule has 4 heterocycles. The fourth-order valence-corrected chi connectivity index (χ4v) is 6.28. The summed E-state index contributed by atoms with van der Waals surface area (Å²) in [6.07, 6.45) is 6.31. The molecular weight excluding hydrogens is 576 g/mol. The number of carboxylic acids is 2. The van der Waals surface area contributed by atoms with Crippen molar-refractivity contribution in [3.63, 3.8) is 0 Å². The molecule has 11 heteroatoms. The highest BCUT2D eigenvalue weighted by molar-refractivity contribution is 6.30. The fraction of sp³-hybridized carbons (Fsp3) is 0.441. The van der Waals surface area contributed by atoms with Crippen molar-refractivity contribution >= 4 is 47.7 Å². The number of nitrogens with one attached hydrogen (secondary N) is 3. The zero-order valence-corrected chi connectivity index (χ0v) is 26.9. The quantitative estimate of drug-likeness (QED) is 0.243. The second-order valence-corrected chi connectivity index (χ2v) is 11.8. The summed E-state index contributed by atoms with van der Waals surface area (Å²) in [5.74, 6) is -2.64. The number of carbonyl (C=O) groups is 4. The summed E-state index contributed by atoms with van der Waals surface area (Å²) < 4.78 is 5.57. The van der Waals surface area contributed by atoms with E-state index in [9.17, 15) is 29.4 Å². The van der Waals surface area contributed by atoms with Crippen LogP contribution in [0.25, 0.3) is 18.2 Å². The Bertz CT molecular complexity index is 1770. The number of aliphatic imine (C=N–C) groups is 1. The number of H-pyrrole nitrogens is 2. The van der Waals surface area contributed by atoms with Gasteiger partial charge in [0, 0.05) is 65.1 Å². The Morgan fingerprint density at radius 2 is 1.58 bits per heavy atom. The van der Waals surface area contributed by atoms with Crippen LogP contribution in [0.1, 0.15) is 80.6 Å². The van der Waals surface area contributed by atoms with E-state index in [0.29, 0.717) is 34.1 Å². The van der Waals surface area contributed by atoms with Gasteiger partial charge in [-0.3, -0.25) is 19.2 Å². The van der Waals surface area contributed by atoms with E-state index in [4.69, 9.17) is 4.74 Å². The van der Waals surface area contributed by atoms with Gasteiger partial charge in [-0.1, -0.05) is 13.8 Å². The van der Waals surface area contributed by atoms with Crippen LogP contribution in [0.2, 0.25) is 0 Å². The van der Waals surface area contributed by atoms with Crippen molar-refractivity contribution in [2.45, 2.75) is 79.8 Å². The van der Waals surface area contributed by atoms with Crippen molar-refractivity contribution in [3.8, 4) is 0 Å². The molecule has 3 unspecified atom stereocenters. The highest BCUT2D eigenvalue weighted by Crippen LogP contribution is 2.33. The van der Waals surface area contributed by atoms with Gasteiger partial charge in [-0.2, -0.15) is 0 Å². The van der Waals surface area contributed by atoms with Gasteiger partial charge in [0.25, 0.3) is 5.91 Å². The minimum Gasteiger partial charge on any atom is -0.481 e. The van der Waals surface area contributed by atoms with Crippen molar-refractivity contribution in [3.05, 3.63) is 61.2 Å². The first-order chi connectivity index (χ1) is 21.3. The van der Waals surface area contributed by atoms with Crippen LogP contribution in [-0.4, -0.2) is 62.9 Å². The molecule has 2 amide bonds. The minimum atomic E-state index is -0.927. The largest absolute Gasteiger partial charge is 0.481 e. The van der Waals surface area contributed by atoms with Gasteiger partial charge in [-0.05, 0) is 93.0 Å². The number of carboxylic acid groups (broad SMARTS) is 2. The standard InChI is InChI=1S/C34H42N4O7/c1-8-21-16(2)26(37-34(21)44)13-24-17(3)22(9-11-30(39)40)27(35-24)15-28-23(10-12-31(41)42)18(4)25(36-28)14-29-32(20(6)45-7)19(5)33(43)38-29/h13-15,19-20,32,35-36H,8-12H2,1-7H3,(H,38,43)(H,39,40)(H,41,42). The molecule has 3 atom stereocenters. The van der Waals surface area contributed by atoms with Crippen LogP contribution >= 0.6 is 0 Å². The molecule has 2 aliphatic heterocycles. The van der Waals surface area contributed by atoms with Gasteiger partial charge in [0.1, 0.15) is 0 Å². The van der Waals surface area contributed by atoms with Crippen LogP contribution in [0.4, 0.5) is 0 Å². The molecule has 1 fully saturated rings. The van der Waals surface area contributed by atoms with Crippen LogP contribution < -0.4 is 16.0 Å². The lowest BCUT2D eigenvalue weighted by molar-refractivity contribution is -0.138. The topological polar surface area (TPSA) is 174 Å². The Balaban J connectivity index is 1.90. The van der Waals surface area contributed by atoms with Crippen LogP contribution in [0, 0.1) is 25.7 Å². The molecule has 240 valence electrons. The molecule has 11 nitrogen and oxygen atoms in total. The van der Waals surface area contributed by atoms with Gasteiger partial charge in [0.15, 0.2) is 0 Å². The van der Waals surface area contributed by atoms with E-state index in [-0.39, 0.29) is 55.4 Å². The molecule has 0 saturated carbocycles. The lowest BCUT2D eigenvalue weighted by Crippen LogP contribution is -2.24. The van der Waals surface area contributed by atoms with E-state index in [0.717, 1.165) is 39.2 Å². The molecule has 1 saturated heterocycles. The smallest absolute Gasteiger partial charge is 0.303 e. The van der Waals surface area contributed by atoms with Gasteiger partial charge >= 0.3 is 11.9 Å². The molecule has 2 aliphatic rings. The first-order valence-electron chi connectivity index (χ1n) is 15.2. The second kappa shape index (κ2) is 13.6. The Hall–Kier alpha value is -4.51. The maximum Gasteiger partial charge on any atom is 0.303 e. The Morgan fingerprint density at radius 3 is 2.16 bits per heavy atom. The number of methoxy groups -OCH3 is 1. The van der Waals surface area contributed by atoms with Crippen LogP contribution in [0.3, 0.4) is 0 Å². The van der Waals surface area contributed by atoms with Crippen molar-refractivity contribution in [1.82, 2.24) is 15.3 Å². The van der Waals surface area contributed by atoms with Gasteiger partial charge < -0.3 is 30.2 Å². The number of nitrogens with zero attached hydrogens (tertiary/aromatic N) is 1. The number of rotatable bonds is 12. The maximum atomic E-state index is 12.6. The highest BCUT2D eigenvalue weighted by atomic mass is 16.5. The SMILES string of the molecule is CCC1=C(C)C(C=c2[nH]c(=Cc3[nH]c(C=C4NC(=O)C(C)C4C(C)OC)c(C)c3CCC(=O)O)c(CCC(=O)O)c2C)=NC1=O. The minimum absolute atomic E-state index is 0.0821. The summed E-state index contributed by atoms with van der Waals surface area (Å²) in [5.41, 5.74) is 7.47. The summed E-state index contributed by atoms with van der Waals surface area (Å²) in [5, 5.41) is 23.3. The number of aromatic amines is 2. The molecule has 2 aromatic heterocycles. The summed E-state index contributed by atoms with van der Waals surface area (Å²) in [4.78, 5) is 59.2. The first kappa shape index (κ1) is 33.4. The number of amides is 2. The molecule has 4 rings (SSSR count). The van der Waals surface area contributed by atoms with Gasteiger partial charge in [0.05, 0.1) is 11.8 Å². The molecule has 0 bridgehead atoms. The number of carbonyl (C=O) groups excluding carboxylic acids is 2. The number of aromatic nitrogens is 2. The van der Waals surface area contributed by atoms with E-state index in [1.807, 2.05) is 59.8 Å². The van der Waals surface area contributed by atoms with Crippen molar-refractivity contribution in [2.75, 3.05) is 7.11 Å². The third-order valence-corrected chi connectivity index (χ3v) is 9.08. The average Bonchev–Trinajstić information content (AvgIpc) is 3.63. The summed E-state index contributed by atoms with van der Waals surface area (Å²) >= 11 is 0. The van der Waals surface area contributed by atoms with Crippen LogP contribution in [0.5, 0.6) is 0 Å². The van der Waals surface area contributed by atoms with E-state index < -0.39 is 11.9 Å². The third kappa shape index (κ3) is 6.93. The number of aliphatic carboxylic acids is 2. The van der Waals surface area contributed by atoms with Crippen molar-refractivity contribution in [1.29, 1.82) is 0 Å². The second-order valence-electron chi connectivity index (χ2n) is 11.8. The molecular formula is C34H42N4O7. The molecule has 0 aliphatic carbocycles. The number of allylic oxidation sites excluding steroid dienone is 1. The molecule has 45 heavy (non-hydrogen) atoms. The lowest BCUT2D eigenvalue weighted by atomic mass is 9.89. The number of ether oxygens (including phenoxy) is 1. The maximum absolute atomic E-state index is 12.6. The lowest BCUT2D eigenvalue weighted by Gasteiger charge is -2.21. The average molecular weight is 619 g/mol. The van der Waals surface area contributed by atoms with E-state index in [1.165, 1.54) is 0 Å². The molecule has 0 radical (unpaired) electrons. The first-order valence-corrected chi connectivity index (χ1v) is 15.2. The summed E-state index contributed by atoms with van der Waals surface area (Å²) in [7, 11) is 1.61. The summed E-state index contributed by atoms with van der Waals surface area (Å²) in [6.45, 7) is 11.4. The predicted octanol–water partition coefficient (Wildman–Crippen LogP) is 3.07. The Labute approximate surface area is 261 Å². The fourth-order valence-electron chi connectivity index (χ4n) is 6.28. The number of hydrogen-bond donors (Lipinski definition) is 5. The van der Waals surface area contributed by atoms with Gasteiger partial charge in [-0.25, -0.2) is 4.99 Å². The Kier molecular flexibility index (Phi) is 10.1. The van der Waals surface area contributed by atoms with Crippen LogP contribution in [-0.2, 0) is 36.8 Å². The zero-order valence-electron chi connectivity index (χ0n) is 26.9. The van der Waals surface area contributed by atoms with E-state index >= 15 is 0 Å². The molecule has 0 aromatic carbocycles. The monoisotopic (exact) mass is 618 g/mol. The van der Waals surface area contributed by atoms with Gasteiger partial charge in [-0.15, -0.1) is 0 Å². The third-order valence-electron chi connectivity index (χ3n) is 9.08. The van der Waals surface area contributed by atoms with Gasteiger partial charge in [0.2, 0.25) is 5.91 Å².